The van der Waals surface area contributed by atoms with Crippen LogP contribution in [0.3, 0.4) is 0 Å². The minimum Gasteiger partial charge on any atom is -0.870 e. The summed E-state index contributed by atoms with van der Waals surface area (Å²) in [6.45, 7) is 0. The highest BCUT2D eigenvalue weighted by Crippen LogP contribution is 1.49. The first kappa shape index (κ1) is 15.9. The number of nitrogens with zero attached hydrogens (tertiary/aromatic N) is 1. The summed E-state index contributed by atoms with van der Waals surface area (Å²) >= 11 is 3.70. The van der Waals surface area contributed by atoms with Gasteiger partial charge in [0, 0.05) is 0 Å². The van der Waals surface area contributed by atoms with Crippen molar-refractivity contribution in [1.29, 1.82) is 5.26 Å². The van der Waals surface area contributed by atoms with Crippen LogP contribution in [0.1, 0.15) is 0 Å². The Morgan fingerprint density at radius 3 is 1.22 bits per heavy atom. The lowest BCUT2D eigenvalue weighted by Crippen LogP contribution is -2.68. The van der Waals surface area contributed by atoms with Gasteiger partial charge in [-0.25, -0.2) is 23.9 Å². The third-order valence-corrected chi connectivity index (χ3v) is 0. The van der Waals surface area contributed by atoms with Gasteiger partial charge in [0.15, 0.2) is 0 Å². The standard InChI is InChI=1S/CHNS.ClHO4.H2O/c2-1-3;2-1(3,4)5;/h3H;(H,2,3,4,5);1H2/p-3. The predicted octanol–water partition coefficient (Wildman–Crippen LogP) is -4.92. The molecule has 56 valence electrons. The van der Waals surface area contributed by atoms with Gasteiger partial charge < -0.3 is 18.1 Å². The third-order valence-electron chi connectivity index (χ3n) is 0. The molecule has 0 amide bonds. The Morgan fingerprint density at radius 1 is 1.22 bits per heavy atom. The molecule has 0 radical (unpaired) electrons. The maximum absolute atomic E-state index is 8.49. The minimum absolute atomic E-state index is 0. The zero-order valence-corrected chi connectivity index (χ0v) is 5.39. The van der Waals surface area contributed by atoms with E-state index >= 15 is 0 Å². The molecule has 0 aromatic carbocycles. The zero-order valence-electron chi connectivity index (χ0n) is 3.81. The van der Waals surface area contributed by atoms with E-state index in [0.717, 1.165) is 0 Å². The smallest absolute Gasteiger partial charge is 0.0797 e. The van der Waals surface area contributed by atoms with E-state index in [2.05, 4.69) is 12.6 Å². The van der Waals surface area contributed by atoms with E-state index in [-0.39, 0.29) is 5.48 Å². The summed E-state index contributed by atoms with van der Waals surface area (Å²) in [6.07, 6.45) is 0. The van der Waals surface area contributed by atoms with E-state index in [0.29, 0.717) is 0 Å². The molecule has 0 heterocycles. The van der Waals surface area contributed by atoms with Gasteiger partial charge in [0.1, 0.15) is 0 Å². The minimum atomic E-state index is -4.94. The average molecular weight is 175 g/mol. The van der Waals surface area contributed by atoms with Gasteiger partial charge in [-0.05, 0) is 0 Å². The van der Waals surface area contributed by atoms with Gasteiger partial charge in [0.25, 0.3) is 0 Å². The highest BCUT2D eigenvalue weighted by atomic mass is 35.7. The molecule has 0 aliphatic rings. The fraction of sp³-hybridized carbons (Fsp3) is 0. The van der Waals surface area contributed by atoms with Crippen LogP contribution in [0.4, 0.5) is 0 Å². The second kappa shape index (κ2) is 7.80. The van der Waals surface area contributed by atoms with Crippen LogP contribution in [0.2, 0.25) is 0 Å². The number of hydrogen-bond acceptors (Lipinski definition) is 7. The van der Waals surface area contributed by atoms with Crippen molar-refractivity contribution >= 4 is 12.6 Å². The van der Waals surface area contributed by atoms with Crippen molar-refractivity contribution in [2.45, 2.75) is 0 Å². The molecule has 0 spiro atoms. The van der Waals surface area contributed by atoms with Crippen molar-refractivity contribution in [3.8, 4) is 5.40 Å². The summed E-state index contributed by atoms with van der Waals surface area (Å²) in [6, 6.07) is 0. The Bertz CT molecular complexity index is 77.9. The Hall–Kier alpha value is -0.200. The molecule has 8 heteroatoms. The molecule has 0 aliphatic carbocycles. The quantitative estimate of drug-likeness (QED) is 0.264. The van der Waals surface area contributed by atoms with Gasteiger partial charge in [-0.15, -0.1) is 10.2 Å². The maximum atomic E-state index is 8.49. The summed E-state index contributed by atoms with van der Waals surface area (Å²) in [5.74, 6) is 0. The molecule has 0 rings (SSSR count). The van der Waals surface area contributed by atoms with Crippen molar-refractivity contribution in [2.75, 3.05) is 0 Å². The SMILES string of the molecule is N#C[S-].[O-][Cl+3]([O-])([O-])[O-].[OH-]. The van der Waals surface area contributed by atoms with Gasteiger partial charge in [-0.1, -0.05) is 5.40 Å². The molecule has 0 saturated heterocycles. The van der Waals surface area contributed by atoms with E-state index in [1.807, 2.05) is 0 Å². The summed E-state index contributed by atoms with van der Waals surface area (Å²) in [5, 5.41) is 8.47. The van der Waals surface area contributed by atoms with Crippen molar-refractivity contribution in [3.05, 3.63) is 0 Å². The summed E-state index contributed by atoms with van der Waals surface area (Å²) in [7, 11) is -4.94. The Balaban J connectivity index is -0.0000000800. The summed E-state index contributed by atoms with van der Waals surface area (Å²) < 4.78 is 34.0. The lowest BCUT2D eigenvalue weighted by molar-refractivity contribution is -2.00. The maximum Gasteiger partial charge on any atom is -0.0797 e. The Morgan fingerprint density at radius 2 is 1.22 bits per heavy atom. The molecule has 1 N–H and O–H groups in total. The molecule has 0 aliphatic heterocycles. The zero-order chi connectivity index (χ0) is 7.21. The van der Waals surface area contributed by atoms with Crippen LogP contribution in [-0.2, 0) is 12.6 Å². The molecule has 0 atom stereocenters. The fourth-order valence-corrected chi connectivity index (χ4v) is 0. The molecule has 0 aromatic heterocycles. The van der Waals surface area contributed by atoms with E-state index in [9.17, 15) is 0 Å². The van der Waals surface area contributed by atoms with Crippen molar-refractivity contribution in [3.63, 3.8) is 0 Å². The highest BCUT2D eigenvalue weighted by Gasteiger charge is 1.84. The topological polar surface area (TPSA) is 146 Å². The lowest BCUT2D eigenvalue weighted by Gasteiger charge is -2.17. The normalized spacial score (nSPS) is 7.44. The number of halogens is 1. The van der Waals surface area contributed by atoms with Crippen LogP contribution in [0, 0.1) is 20.9 Å². The first-order chi connectivity index (χ1) is 3.41. The molecule has 0 bridgehead atoms. The molecule has 0 unspecified atom stereocenters. The van der Waals surface area contributed by atoms with E-state index in [4.69, 9.17) is 23.9 Å². The Labute approximate surface area is 58.4 Å². The van der Waals surface area contributed by atoms with Crippen LogP contribution in [0.25, 0.3) is 0 Å². The molecule has 0 aromatic rings. The van der Waals surface area contributed by atoms with Crippen LogP contribution in [0.5, 0.6) is 0 Å². The predicted molar refractivity (Wildman–Crippen MR) is 14.9 cm³/mol. The second-order valence-electron chi connectivity index (χ2n) is 0.469. The molecular weight excluding hydrogens is 174 g/mol. The average Bonchev–Trinajstić information content (AvgIpc) is 1.27. The number of nitriles is 1. The van der Waals surface area contributed by atoms with Crippen molar-refractivity contribution in [2.24, 2.45) is 0 Å². The first-order valence-corrected chi connectivity index (χ1v) is 2.69. The highest BCUT2D eigenvalue weighted by molar-refractivity contribution is 7.64. The van der Waals surface area contributed by atoms with E-state index < -0.39 is 10.2 Å². The monoisotopic (exact) mass is 174 g/mol. The summed E-state index contributed by atoms with van der Waals surface area (Å²) in [5.41, 5.74) is 0. The summed E-state index contributed by atoms with van der Waals surface area (Å²) in [4.78, 5) is 0. The first-order valence-electron chi connectivity index (χ1n) is 1.04. The van der Waals surface area contributed by atoms with Gasteiger partial charge in [0.05, 0.1) is 0 Å². The number of hydrogen-bond donors (Lipinski definition) is 0. The van der Waals surface area contributed by atoms with Crippen LogP contribution in [0.15, 0.2) is 0 Å². The van der Waals surface area contributed by atoms with Gasteiger partial charge in [-0.2, -0.15) is 0 Å². The van der Waals surface area contributed by atoms with E-state index in [1.165, 1.54) is 5.40 Å². The number of rotatable bonds is 0. The molecule has 0 fully saturated rings. The van der Waals surface area contributed by atoms with E-state index in [1.54, 1.807) is 0 Å². The molecule has 9 heavy (non-hydrogen) atoms. The van der Waals surface area contributed by atoms with Gasteiger partial charge in [0.2, 0.25) is 0 Å². The van der Waals surface area contributed by atoms with Gasteiger partial charge in [-0.3, -0.25) is 0 Å². The van der Waals surface area contributed by atoms with Crippen molar-refractivity contribution < 1.29 is 34.4 Å². The van der Waals surface area contributed by atoms with Crippen LogP contribution < -0.4 is 18.6 Å². The molecule has 0 saturated carbocycles. The van der Waals surface area contributed by atoms with Crippen LogP contribution in [-0.4, -0.2) is 5.48 Å². The van der Waals surface area contributed by atoms with Gasteiger partial charge >= 0.3 is 0 Å². The Kier molecular flexibility index (Phi) is 13.8. The molecule has 6 nitrogen and oxygen atoms in total. The van der Waals surface area contributed by atoms with Crippen LogP contribution >= 0.6 is 0 Å². The molecular formula is CHClNO5S-3. The lowest BCUT2D eigenvalue weighted by atomic mass is 11.8. The second-order valence-corrected chi connectivity index (χ2v) is 1.41. The fourth-order valence-electron chi connectivity index (χ4n) is 0. The largest absolute Gasteiger partial charge is 0.870 e. The number of thiocyanates is 1. The van der Waals surface area contributed by atoms with Crippen molar-refractivity contribution in [1.82, 2.24) is 0 Å². The third kappa shape index (κ3) is 6560.